The molecule has 0 amide bonds. The molecule has 5 heteroatoms. The Bertz CT molecular complexity index is 3700. The zero-order valence-electron chi connectivity index (χ0n) is 29.4. The quantitative estimate of drug-likeness (QED) is 0.184. The highest BCUT2D eigenvalue weighted by atomic mass is 16.3. The first-order chi connectivity index (χ1) is 27.3. The maximum atomic E-state index is 6.37. The zero-order valence-corrected chi connectivity index (χ0v) is 29.4. The van der Waals surface area contributed by atoms with E-state index in [1.165, 1.54) is 70.7 Å². The molecular formula is C50H28N4O. The maximum absolute atomic E-state index is 6.37. The normalized spacial score (nSPS) is 12.4. The van der Waals surface area contributed by atoms with Crippen molar-refractivity contribution in [2.75, 3.05) is 0 Å². The first-order valence-corrected chi connectivity index (χ1v) is 18.7. The van der Waals surface area contributed by atoms with Crippen LogP contribution in [0.1, 0.15) is 0 Å². The molecule has 0 spiro atoms. The largest absolute Gasteiger partial charge is 0.452 e. The number of fused-ring (bicyclic) bond motifs is 14. The summed E-state index contributed by atoms with van der Waals surface area (Å²) in [5, 5.41) is 11.1. The van der Waals surface area contributed by atoms with Crippen molar-refractivity contribution in [3.63, 3.8) is 0 Å². The van der Waals surface area contributed by atoms with Gasteiger partial charge in [0.1, 0.15) is 16.8 Å². The van der Waals surface area contributed by atoms with Crippen molar-refractivity contribution in [3.8, 4) is 28.3 Å². The van der Waals surface area contributed by atoms with E-state index in [9.17, 15) is 0 Å². The number of para-hydroxylation sites is 3. The average Bonchev–Trinajstić information content (AvgIpc) is 3.98. The molecule has 0 aliphatic heterocycles. The van der Waals surface area contributed by atoms with E-state index in [4.69, 9.17) is 14.4 Å². The van der Waals surface area contributed by atoms with Gasteiger partial charge < -0.3 is 13.4 Å². The number of aromatic nitrogens is 4. The highest BCUT2D eigenvalue weighted by molar-refractivity contribution is 6.36. The molecule has 0 aliphatic carbocycles. The van der Waals surface area contributed by atoms with Crippen molar-refractivity contribution in [1.29, 1.82) is 0 Å². The van der Waals surface area contributed by atoms with Gasteiger partial charge in [0.2, 0.25) is 0 Å². The van der Waals surface area contributed by atoms with Gasteiger partial charge in [-0.25, -0.2) is 9.97 Å². The Morgan fingerprint density at radius 3 is 1.96 bits per heavy atom. The minimum absolute atomic E-state index is 0.665. The molecular weight excluding hydrogens is 673 g/mol. The van der Waals surface area contributed by atoms with Gasteiger partial charge >= 0.3 is 0 Å². The predicted molar refractivity (Wildman–Crippen MR) is 227 cm³/mol. The van der Waals surface area contributed by atoms with Gasteiger partial charge in [-0.15, -0.1) is 0 Å². The average molecular weight is 701 g/mol. The molecule has 5 heterocycles. The third kappa shape index (κ3) is 3.86. The molecule has 55 heavy (non-hydrogen) atoms. The van der Waals surface area contributed by atoms with Gasteiger partial charge in [-0.05, 0) is 77.5 Å². The molecule has 13 rings (SSSR count). The number of benzene rings is 8. The van der Waals surface area contributed by atoms with E-state index in [0.717, 1.165) is 39.0 Å². The van der Waals surface area contributed by atoms with Gasteiger partial charge in [-0.1, -0.05) is 103 Å². The molecule has 5 nitrogen and oxygen atoms in total. The van der Waals surface area contributed by atoms with E-state index < -0.39 is 0 Å². The lowest BCUT2D eigenvalue weighted by atomic mass is 10.0. The highest BCUT2D eigenvalue weighted by Crippen LogP contribution is 2.47. The lowest BCUT2D eigenvalue weighted by Gasteiger charge is -2.10. The van der Waals surface area contributed by atoms with Crippen LogP contribution in [0.2, 0.25) is 0 Å². The van der Waals surface area contributed by atoms with E-state index in [1.54, 1.807) is 0 Å². The fourth-order valence-electron chi connectivity index (χ4n) is 9.25. The second-order valence-electron chi connectivity index (χ2n) is 14.5. The molecule has 0 atom stereocenters. The molecule has 0 radical (unpaired) electrons. The summed E-state index contributed by atoms with van der Waals surface area (Å²) in [6, 6.07) is 60.6. The van der Waals surface area contributed by atoms with E-state index >= 15 is 0 Å². The predicted octanol–water partition coefficient (Wildman–Crippen LogP) is 13.1. The Kier molecular flexibility index (Phi) is 5.57. The van der Waals surface area contributed by atoms with E-state index in [1.807, 2.05) is 36.4 Å². The van der Waals surface area contributed by atoms with Gasteiger partial charge in [0.05, 0.1) is 27.6 Å². The van der Waals surface area contributed by atoms with Gasteiger partial charge in [0.25, 0.3) is 0 Å². The van der Waals surface area contributed by atoms with E-state index in [-0.39, 0.29) is 0 Å². The second kappa shape index (κ2) is 10.6. The molecule has 13 aromatic rings. The molecule has 0 N–H and O–H groups in total. The van der Waals surface area contributed by atoms with Gasteiger partial charge in [-0.2, -0.15) is 0 Å². The highest BCUT2D eigenvalue weighted by Gasteiger charge is 2.25. The fraction of sp³-hybridized carbons (Fsp3) is 0. The van der Waals surface area contributed by atoms with Crippen molar-refractivity contribution >= 4 is 92.7 Å². The summed E-state index contributed by atoms with van der Waals surface area (Å²) in [6.07, 6.45) is 0. The van der Waals surface area contributed by atoms with Crippen molar-refractivity contribution in [1.82, 2.24) is 18.9 Å². The van der Waals surface area contributed by atoms with Crippen LogP contribution in [0.4, 0.5) is 0 Å². The monoisotopic (exact) mass is 700 g/mol. The Hall–Kier alpha value is -7.50. The van der Waals surface area contributed by atoms with Gasteiger partial charge in [0, 0.05) is 54.5 Å². The van der Waals surface area contributed by atoms with Crippen LogP contribution in [0.25, 0.3) is 121 Å². The fourth-order valence-corrected chi connectivity index (χ4v) is 9.25. The van der Waals surface area contributed by atoms with Crippen LogP contribution in [0, 0.1) is 0 Å². The van der Waals surface area contributed by atoms with Gasteiger partial charge in [0.15, 0.2) is 11.4 Å². The minimum atomic E-state index is 0.665. The van der Waals surface area contributed by atoms with Crippen LogP contribution < -0.4 is 0 Å². The molecule has 0 aliphatic rings. The third-order valence-electron chi connectivity index (χ3n) is 11.6. The summed E-state index contributed by atoms with van der Waals surface area (Å²) < 4.78 is 11.3. The number of hydrogen-bond acceptors (Lipinski definition) is 3. The standard InChI is InChI=1S/C50H28N4O/c1-2-12-29(13-3-1)46-49-47(36-18-8-11-21-43(36)55-49)52-50(51-46)30-22-24-33(25-23-30)53-40-20-10-7-17-35(40)44-42(53)28-37-34-16-6-9-19-39(34)54-41-27-32-15-5-4-14-31(32)26-38(41)45(44)48(37)54/h1-28H. The van der Waals surface area contributed by atoms with Crippen molar-refractivity contribution < 1.29 is 4.42 Å². The molecule has 0 saturated carbocycles. The Morgan fingerprint density at radius 2 is 1.13 bits per heavy atom. The van der Waals surface area contributed by atoms with Gasteiger partial charge in [-0.3, -0.25) is 0 Å². The summed E-state index contributed by atoms with van der Waals surface area (Å²) in [5.41, 5.74) is 12.3. The molecule has 0 fully saturated rings. The first kappa shape index (κ1) is 29.0. The maximum Gasteiger partial charge on any atom is 0.180 e. The number of nitrogens with zero attached hydrogens (tertiary/aromatic N) is 4. The Morgan fingerprint density at radius 1 is 0.436 bits per heavy atom. The topological polar surface area (TPSA) is 48.3 Å². The lowest BCUT2D eigenvalue weighted by molar-refractivity contribution is 0.667. The van der Waals surface area contributed by atoms with Crippen molar-refractivity contribution in [3.05, 3.63) is 170 Å². The zero-order chi connectivity index (χ0) is 35.8. The van der Waals surface area contributed by atoms with E-state index in [2.05, 4.69) is 142 Å². The minimum Gasteiger partial charge on any atom is -0.452 e. The van der Waals surface area contributed by atoms with E-state index in [0.29, 0.717) is 11.4 Å². The second-order valence-corrected chi connectivity index (χ2v) is 14.5. The van der Waals surface area contributed by atoms with Crippen LogP contribution in [-0.4, -0.2) is 18.9 Å². The van der Waals surface area contributed by atoms with Crippen LogP contribution >= 0.6 is 0 Å². The number of hydrogen-bond donors (Lipinski definition) is 0. The summed E-state index contributed by atoms with van der Waals surface area (Å²) in [4.78, 5) is 10.3. The molecule has 0 saturated heterocycles. The summed E-state index contributed by atoms with van der Waals surface area (Å²) >= 11 is 0. The third-order valence-corrected chi connectivity index (χ3v) is 11.6. The molecule has 5 aromatic heterocycles. The smallest absolute Gasteiger partial charge is 0.180 e. The first-order valence-electron chi connectivity index (χ1n) is 18.7. The van der Waals surface area contributed by atoms with Crippen molar-refractivity contribution in [2.45, 2.75) is 0 Å². The molecule has 254 valence electrons. The molecule has 8 aromatic carbocycles. The van der Waals surface area contributed by atoms with Crippen LogP contribution in [0.3, 0.4) is 0 Å². The number of rotatable bonds is 3. The Labute approximate surface area is 313 Å². The van der Waals surface area contributed by atoms with Crippen LogP contribution in [0.5, 0.6) is 0 Å². The SMILES string of the molecule is c1ccc(-c2nc(-c3ccc(-n4c5ccccc5c5c6c7cc8ccccc8cc7n7c8ccccc8c(cc54)c67)cc3)nc3c2oc2ccccc23)cc1. The lowest BCUT2D eigenvalue weighted by Crippen LogP contribution is -1.96. The number of furan rings is 1. The molecule has 0 unspecified atom stereocenters. The van der Waals surface area contributed by atoms with Crippen LogP contribution in [0.15, 0.2) is 174 Å². The summed E-state index contributed by atoms with van der Waals surface area (Å²) in [5.74, 6) is 0.665. The summed E-state index contributed by atoms with van der Waals surface area (Å²) in [6.45, 7) is 0. The van der Waals surface area contributed by atoms with Crippen molar-refractivity contribution in [2.24, 2.45) is 0 Å². The Balaban J connectivity index is 1.08. The van der Waals surface area contributed by atoms with Crippen LogP contribution in [-0.2, 0) is 0 Å². The molecule has 0 bridgehead atoms. The summed E-state index contributed by atoms with van der Waals surface area (Å²) in [7, 11) is 0.